The van der Waals surface area contributed by atoms with Gasteiger partial charge in [0.2, 0.25) is 0 Å². The van der Waals surface area contributed by atoms with Crippen LogP contribution in [0.3, 0.4) is 0 Å². The van der Waals surface area contributed by atoms with Crippen LogP contribution in [0.15, 0.2) is 30.6 Å². The maximum absolute atomic E-state index is 12.2. The second-order valence-electron chi connectivity index (χ2n) is 5.50. The van der Waals surface area contributed by atoms with E-state index in [0.717, 1.165) is 0 Å². The van der Waals surface area contributed by atoms with Crippen molar-refractivity contribution in [2.24, 2.45) is 5.92 Å². The van der Waals surface area contributed by atoms with Gasteiger partial charge in [0.15, 0.2) is 0 Å². The predicted molar refractivity (Wildman–Crippen MR) is 76.9 cm³/mol. The van der Waals surface area contributed by atoms with Gasteiger partial charge in [-0.25, -0.2) is 4.68 Å². The summed E-state index contributed by atoms with van der Waals surface area (Å²) >= 11 is 0. The average molecular weight is 289 g/mol. The van der Waals surface area contributed by atoms with E-state index in [1.165, 1.54) is 11.0 Å². The normalized spacial score (nSPS) is 14.0. The largest absolute Gasteiger partial charge is 0.388 e. The van der Waals surface area contributed by atoms with Gasteiger partial charge in [-0.1, -0.05) is 19.9 Å². The second-order valence-corrected chi connectivity index (χ2v) is 5.50. The zero-order valence-electron chi connectivity index (χ0n) is 12.3. The minimum absolute atomic E-state index is 0.0466. The lowest BCUT2D eigenvalue weighted by Gasteiger charge is -2.27. The minimum Gasteiger partial charge on any atom is -0.388 e. The van der Waals surface area contributed by atoms with E-state index in [1.807, 2.05) is 13.8 Å². The van der Waals surface area contributed by atoms with Crippen LogP contribution >= 0.6 is 0 Å². The van der Waals surface area contributed by atoms with E-state index >= 15 is 0 Å². The van der Waals surface area contributed by atoms with Crippen LogP contribution < -0.4 is 5.32 Å². The van der Waals surface area contributed by atoms with Crippen molar-refractivity contribution in [2.45, 2.75) is 26.4 Å². The number of nitrogens with one attached hydrogen (secondary N) is 1. The molecule has 0 aliphatic heterocycles. The molecule has 2 rings (SSSR count). The number of nitrogens with zero attached hydrogens (tertiary/aromatic N) is 4. The maximum Gasteiger partial charge on any atom is 0.251 e. The number of amides is 1. The van der Waals surface area contributed by atoms with E-state index in [4.69, 9.17) is 0 Å². The number of carbonyl (C=O) groups is 1. The molecule has 1 atom stereocenters. The third-order valence-corrected chi connectivity index (χ3v) is 3.57. The number of rotatable bonds is 5. The van der Waals surface area contributed by atoms with Gasteiger partial charge in [0.25, 0.3) is 5.91 Å². The lowest BCUT2D eigenvalue weighted by molar-refractivity contribution is 0.0142. The molecule has 1 aromatic heterocycles. The number of tetrazole rings is 1. The molecule has 0 saturated carbocycles. The third kappa shape index (κ3) is 3.63. The Bertz CT molecular complexity index is 608. The fourth-order valence-corrected chi connectivity index (χ4v) is 1.63. The molecule has 1 heterocycles. The van der Waals surface area contributed by atoms with Crippen molar-refractivity contribution in [2.75, 3.05) is 6.54 Å². The summed E-state index contributed by atoms with van der Waals surface area (Å²) in [4.78, 5) is 12.2. The SMILES string of the molecule is CC(C)C(C)(O)CNC(=O)c1cccc(-n2cnnn2)c1. The standard InChI is InChI=1S/C14H19N5O2/c1-10(2)14(3,21)8-15-13(20)11-5-4-6-12(7-11)19-9-16-17-18-19/h4-7,9-10,21H,8H2,1-3H3,(H,15,20). The van der Waals surface area contributed by atoms with Gasteiger partial charge in [-0.05, 0) is 41.5 Å². The topological polar surface area (TPSA) is 92.9 Å². The van der Waals surface area contributed by atoms with Crippen molar-refractivity contribution >= 4 is 5.91 Å². The first-order chi connectivity index (χ1) is 9.90. The Balaban J connectivity index is 2.08. The summed E-state index contributed by atoms with van der Waals surface area (Å²) in [5, 5.41) is 23.8. The lowest BCUT2D eigenvalue weighted by atomic mass is 9.92. The number of benzene rings is 1. The zero-order valence-corrected chi connectivity index (χ0v) is 12.3. The van der Waals surface area contributed by atoms with Crippen LogP contribution in [-0.2, 0) is 0 Å². The van der Waals surface area contributed by atoms with Crippen molar-refractivity contribution in [3.63, 3.8) is 0 Å². The first-order valence-corrected chi connectivity index (χ1v) is 6.74. The van der Waals surface area contributed by atoms with E-state index < -0.39 is 5.60 Å². The highest BCUT2D eigenvalue weighted by molar-refractivity contribution is 5.94. The Morgan fingerprint density at radius 1 is 1.48 bits per heavy atom. The smallest absolute Gasteiger partial charge is 0.251 e. The fraction of sp³-hybridized carbons (Fsp3) is 0.429. The van der Waals surface area contributed by atoms with Crippen LogP contribution in [0.1, 0.15) is 31.1 Å². The molecule has 1 amide bonds. The lowest BCUT2D eigenvalue weighted by Crippen LogP contribution is -2.44. The Morgan fingerprint density at radius 3 is 2.86 bits per heavy atom. The van der Waals surface area contributed by atoms with Gasteiger partial charge in [0.05, 0.1) is 11.3 Å². The van der Waals surface area contributed by atoms with Crippen LogP contribution in [0.25, 0.3) is 5.69 Å². The molecule has 0 radical (unpaired) electrons. The average Bonchev–Trinajstić information content (AvgIpc) is 2.99. The molecule has 0 aliphatic carbocycles. The number of aromatic nitrogens is 4. The van der Waals surface area contributed by atoms with Crippen LogP contribution in [0, 0.1) is 5.92 Å². The number of hydrogen-bond acceptors (Lipinski definition) is 5. The summed E-state index contributed by atoms with van der Waals surface area (Å²) in [7, 11) is 0. The molecule has 7 nitrogen and oxygen atoms in total. The molecule has 7 heteroatoms. The van der Waals surface area contributed by atoms with Gasteiger partial charge in [0.1, 0.15) is 6.33 Å². The van der Waals surface area contributed by atoms with Crippen LogP contribution in [-0.4, -0.2) is 43.4 Å². The quantitative estimate of drug-likeness (QED) is 0.849. The van der Waals surface area contributed by atoms with Gasteiger partial charge in [0, 0.05) is 12.1 Å². The Kier molecular flexibility index (Phi) is 4.32. The molecule has 0 spiro atoms. The zero-order chi connectivity index (χ0) is 15.5. The first kappa shape index (κ1) is 15.1. The molecule has 0 fully saturated rings. The minimum atomic E-state index is -0.941. The maximum atomic E-state index is 12.2. The second kappa shape index (κ2) is 6.01. The number of aliphatic hydroxyl groups is 1. The molecular formula is C14H19N5O2. The van der Waals surface area contributed by atoms with Crippen molar-refractivity contribution in [3.8, 4) is 5.69 Å². The van der Waals surface area contributed by atoms with Crippen molar-refractivity contribution in [1.82, 2.24) is 25.5 Å². The van der Waals surface area contributed by atoms with E-state index in [2.05, 4.69) is 20.8 Å². The van der Waals surface area contributed by atoms with E-state index in [-0.39, 0.29) is 18.4 Å². The number of carbonyl (C=O) groups excluding carboxylic acids is 1. The summed E-state index contributed by atoms with van der Waals surface area (Å²) in [6.45, 7) is 5.71. The van der Waals surface area contributed by atoms with Gasteiger partial charge in [-0.2, -0.15) is 0 Å². The summed E-state index contributed by atoms with van der Waals surface area (Å²) in [5.41, 5.74) is 0.245. The van der Waals surface area contributed by atoms with Crippen molar-refractivity contribution < 1.29 is 9.90 Å². The Labute approximate surface area is 123 Å². The molecule has 0 aliphatic rings. The Morgan fingerprint density at radius 2 is 2.24 bits per heavy atom. The van der Waals surface area contributed by atoms with Crippen LogP contribution in [0.4, 0.5) is 0 Å². The molecule has 2 N–H and O–H groups in total. The van der Waals surface area contributed by atoms with Gasteiger partial charge < -0.3 is 10.4 Å². The van der Waals surface area contributed by atoms with Gasteiger partial charge >= 0.3 is 0 Å². The molecule has 0 saturated heterocycles. The highest BCUT2D eigenvalue weighted by Crippen LogP contribution is 2.15. The summed E-state index contributed by atoms with van der Waals surface area (Å²) in [6, 6.07) is 6.95. The summed E-state index contributed by atoms with van der Waals surface area (Å²) < 4.78 is 1.47. The summed E-state index contributed by atoms with van der Waals surface area (Å²) in [6.07, 6.45) is 1.46. The van der Waals surface area contributed by atoms with Gasteiger partial charge in [-0.15, -0.1) is 5.10 Å². The van der Waals surface area contributed by atoms with E-state index in [0.29, 0.717) is 11.3 Å². The molecule has 1 unspecified atom stereocenters. The molecule has 2 aromatic rings. The fourth-order valence-electron chi connectivity index (χ4n) is 1.63. The van der Waals surface area contributed by atoms with E-state index in [1.54, 1.807) is 31.2 Å². The number of hydrogen-bond donors (Lipinski definition) is 2. The van der Waals surface area contributed by atoms with Crippen molar-refractivity contribution in [3.05, 3.63) is 36.2 Å². The molecule has 21 heavy (non-hydrogen) atoms. The summed E-state index contributed by atoms with van der Waals surface area (Å²) in [5.74, 6) is -0.198. The van der Waals surface area contributed by atoms with E-state index in [9.17, 15) is 9.90 Å². The predicted octanol–water partition coefficient (Wildman–Crippen LogP) is 0.799. The molecule has 0 bridgehead atoms. The first-order valence-electron chi connectivity index (χ1n) is 6.74. The molecule has 1 aromatic carbocycles. The van der Waals surface area contributed by atoms with Crippen LogP contribution in [0.2, 0.25) is 0 Å². The van der Waals surface area contributed by atoms with Crippen molar-refractivity contribution in [1.29, 1.82) is 0 Å². The highest BCUT2D eigenvalue weighted by atomic mass is 16.3. The molecular weight excluding hydrogens is 270 g/mol. The highest BCUT2D eigenvalue weighted by Gasteiger charge is 2.25. The third-order valence-electron chi connectivity index (χ3n) is 3.57. The molecule has 112 valence electrons. The Hall–Kier alpha value is -2.28. The van der Waals surface area contributed by atoms with Gasteiger partial charge in [-0.3, -0.25) is 4.79 Å². The monoisotopic (exact) mass is 289 g/mol. The van der Waals surface area contributed by atoms with Crippen LogP contribution in [0.5, 0.6) is 0 Å².